The van der Waals surface area contributed by atoms with Gasteiger partial charge in [0, 0.05) is 43.2 Å². The number of halogens is 1. The number of aliphatic hydroxyl groups excluding tert-OH is 1. The Hall–Kier alpha value is -1.56. The quantitative estimate of drug-likeness (QED) is 0.755. The summed E-state index contributed by atoms with van der Waals surface area (Å²) in [5.74, 6) is 0.285. The van der Waals surface area contributed by atoms with Crippen LogP contribution in [0.4, 0.5) is 0 Å². The molecule has 1 N–H and O–H groups in total. The number of ether oxygens (including phenoxy) is 2. The number of nitrogens with zero attached hydrogens (tertiary/aromatic N) is 1. The van der Waals surface area contributed by atoms with Gasteiger partial charge in [-0.3, -0.25) is 4.79 Å². The van der Waals surface area contributed by atoms with Crippen molar-refractivity contribution in [3.05, 3.63) is 46.7 Å². The van der Waals surface area contributed by atoms with Crippen molar-refractivity contribution in [2.24, 2.45) is 5.92 Å². The van der Waals surface area contributed by atoms with Gasteiger partial charge >= 0.3 is 0 Å². The summed E-state index contributed by atoms with van der Waals surface area (Å²) in [5, 5.41) is 9.93. The van der Waals surface area contributed by atoms with Crippen molar-refractivity contribution in [3.8, 4) is 0 Å². The Kier molecular flexibility index (Phi) is 5.99. The molecule has 2 aliphatic heterocycles. The Bertz CT molecular complexity index is 627. The standard InChI is InChI=1S/C19H24ClNO4/c1-2-24-19-15(4-3-11-22)16(13-5-7-14(20)8-6-13)12-17(25-19)18(23)21-9-10-21/h5-8,12,15-16,19,22H,2-4,9-11H2,1H3/t15-,16-,19-/m0/s1. The molecule has 2 aliphatic rings. The minimum Gasteiger partial charge on any atom is -0.459 e. The van der Waals surface area contributed by atoms with Crippen LogP contribution in [0, 0.1) is 5.92 Å². The van der Waals surface area contributed by atoms with Gasteiger partial charge in [-0.2, -0.15) is 0 Å². The molecule has 1 saturated heterocycles. The highest BCUT2D eigenvalue weighted by Crippen LogP contribution is 2.40. The SMILES string of the molecule is CCO[C@H]1OC(C(=O)N2CC2)=C[C@@H](c2ccc(Cl)cc2)[C@@H]1CCCO. The number of amides is 1. The summed E-state index contributed by atoms with van der Waals surface area (Å²) in [4.78, 5) is 14.2. The van der Waals surface area contributed by atoms with E-state index >= 15 is 0 Å². The van der Waals surface area contributed by atoms with Gasteiger partial charge < -0.3 is 19.5 Å². The molecule has 1 aromatic carbocycles. The summed E-state index contributed by atoms with van der Waals surface area (Å²) < 4.78 is 11.7. The summed E-state index contributed by atoms with van der Waals surface area (Å²) in [6, 6.07) is 7.66. The van der Waals surface area contributed by atoms with Gasteiger partial charge in [-0.15, -0.1) is 0 Å². The van der Waals surface area contributed by atoms with Gasteiger partial charge in [0.1, 0.15) is 0 Å². The lowest BCUT2D eigenvalue weighted by atomic mass is 9.80. The van der Waals surface area contributed by atoms with Crippen LogP contribution in [0.25, 0.3) is 0 Å². The van der Waals surface area contributed by atoms with E-state index in [1.54, 1.807) is 4.90 Å². The fourth-order valence-electron chi connectivity index (χ4n) is 3.23. The maximum absolute atomic E-state index is 12.5. The lowest BCUT2D eigenvalue weighted by Gasteiger charge is -2.37. The van der Waals surface area contributed by atoms with Gasteiger partial charge in [0.2, 0.25) is 6.29 Å². The Morgan fingerprint density at radius 1 is 1.36 bits per heavy atom. The van der Waals surface area contributed by atoms with E-state index in [-0.39, 0.29) is 24.3 Å². The van der Waals surface area contributed by atoms with Crippen molar-refractivity contribution < 1.29 is 19.4 Å². The fraction of sp³-hybridized carbons (Fsp3) is 0.526. The molecule has 6 heteroatoms. The average molecular weight is 366 g/mol. The Labute approximate surface area is 153 Å². The summed E-state index contributed by atoms with van der Waals surface area (Å²) in [6.07, 6.45) is 2.81. The first-order chi connectivity index (χ1) is 12.1. The van der Waals surface area contributed by atoms with Crippen LogP contribution in [0.3, 0.4) is 0 Å². The second kappa shape index (κ2) is 8.21. The van der Waals surface area contributed by atoms with E-state index in [0.29, 0.717) is 23.8 Å². The first-order valence-electron chi connectivity index (χ1n) is 8.79. The predicted octanol–water partition coefficient (Wildman–Crippen LogP) is 2.93. The maximum Gasteiger partial charge on any atom is 0.288 e. The molecule has 0 bridgehead atoms. The van der Waals surface area contributed by atoms with Crippen LogP contribution in [-0.4, -0.2) is 48.5 Å². The number of rotatable bonds is 7. The van der Waals surface area contributed by atoms with E-state index in [4.69, 9.17) is 21.1 Å². The van der Waals surface area contributed by atoms with E-state index in [0.717, 1.165) is 25.1 Å². The normalized spacial score (nSPS) is 25.3. The first-order valence-corrected chi connectivity index (χ1v) is 9.17. The molecule has 1 fully saturated rings. The Morgan fingerprint density at radius 2 is 2.08 bits per heavy atom. The van der Waals surface area contributed by atoms with Gasteiger partial charge in [0.05, 0.1) is 0 Å². The van der Waals surface area contributed by atoms with Crippen LogP contribution in [0.2, 0.25) is 5.02 Å². The second-order valence-electron chi connectivity index (χ2n) is 6.37. The molecule has 0 unspecified atom stereocenters. The molecule has 1 aromatic rings. The largest absolute Gasteiger partial charge is 0.459 e. The van der Waals surface area contributed by atoms with Crippen molar-refractivity contribution in [2.45, 2.75) is 32.0 Å². The van der Waals surface area contributed by atoms with Gasteiger partial charge in [0.25, 0.3) is 5.91 Å². The van der Waals surface area contributed by atoms with Crippen molar-refractivity contribution >= 4 is 17.5 Å². The first kappa shape index (κ1) is 18.2. The van der Waals surface area contributed by atoms with Gasteiger partial charge in [0.15, 0.2) is 5.76 Å². The van der Waals surface area contributed by atoms with Crippen LogP contribution in [0.5, 0.6) is 0 Å². The minimum absolute atomic E-state index is 0.0204. The summed E-state index contributed by atoms with van der Waals surface area (Å²) in [6.45, 7) is 4.08. The second-order valence-corrected chi connectivity index (χ2v) is 6.81. The highest BCUT2D eigenvalue weighted by molar-refractivity contribution is 6.30. The zero-order valence-corrected chi connectivity index (χ0v) is 15.1. The summed E-state index contributed by atoms with van der Waals surface area (Å²) in [7, 11) is 0. The number of carbonyl (C=O) groups excluding carboxylic acids is 1. The molecule has 2 heterocycles. The molecule has 0 aliphatic carbocycles. The minimum atomic E-state index is -0.499. The number of allylic oxidation sites excluding steroid dienone is 1. The van der Waals surface area contributed by atoms with Crippen LogP contribution in [-0.2, 0) is 14.3 Å². The topological polar surface area (TPSA) is 58.8 Å². The highest BCUT2D eigenvalue weighted by Gasteiger charge is 2.40. The molecular formula is C19H24ClNO4. The van der Waals surface area contributed by atoms with Crippen molar-refractivity contribution in [2.75, 3.05) is 26.3 Å². The predicted molar refractivity (Wildman–Crippen MR) is 95.2 cm³/mol. The Morgan fingerprint density at radius 3 is 2.68 bits per heavy atom. The molecule has 3 atom stereocenters. The summed E-state index contributed by atoms with van der Waals surface area (Å²) >= 11 is 6.02. The van der Waals surface area contributed by atoms with Crippen LogP contribution < -0.4 is 0 Å². The van der Waals surface area contributed by atoms with Gasteiger partial charge in [-0.1, -0.05) is 23.7 Å². The average Bonchev–Trinajstić information content (AvgIpc) is 3.45. The molecule has 0 aromatic heterocycles. The van der Waals surface area contributed by atoms with E-state index in [1.165, 1.54) is 0 Å². The van der Waals surface area contributed by atoms with E-state index in [1.807, 2.05) is 37.3 Å². The molecule has 3 rings (SSSR count). The van der Waals surface area contributed by atoms with Crippen LogP contribution in [0.15, 0.2) is 36.1 Å². The number of carbonyl (C=O) groups is 1. The Balaban J connectivity index is 1.93. The van der Waals surface area contributed by atoms with Crippen LogP contribution in [0.1, 0.15) is 31.2 Å². The van der Waals surface area contributed by atoms with Crippen molar-refractivity contribution in [1.82, 2.24) is 4.90 Å². The van der Waals surface area contributed by atoms with E-state index < -0.39 is 6.29 Å². The zero-order valence-electron chi connectivity index (χ0n) is 14.4. The molecule has 1 amide bonds. The third kappa shape index (κ3) is 4.35. The molecule has 0 radical (unpaired) electrons. The van der Waals surface area contributed by atoms with Gasteiger partial charge in [-0.25, -0.2) is 0 Å². The molecule has 25 heavy (non-hydrogen) atoms. The summed E-state index contributed by atoms with van der Waals surface area (Å²) in [5.41, 5.74) is 1.07. The number of aliphatic hydroxyl groups is 1. The van der Waals surface area contributed by atoms with Crippen molar-refractivity contribution in [1.29, 1.82) is 0 Å². The van der Waals surface area contributed by atoms with Crippen LogP contribution >= 0.6 is 11.6 Å². The third-order valence-electron chi connectivity index (χ3n) is 4.61. The number of hydrogen-bond acceptors (Lipinski definition) is 4. The smallest absolute Gasteiger partial charge is 0.288 e. The lowest BCUT2D eigenvalue weighted by molar-refractivity contribution is -0.168. The number of benzene rings is 1. The van der Waals surface area contributed by atoms with Crippen molar-refractivity contribution in [3.63, 3.8) is 0 Å². The highest BCUT2D eigenvalue weighted by atomic mass is 35.5. The fourth-order valence-corrected chi connectivity index (χ4v) is 3.36. The van der Waals surface area contributed by atoms with E-state index in [2.05, 4.69) is 0 Å². The third-order valence-corrected chi connectivity index (χ3v) is 4.86. The van der Waals surface area contributed by atoms with Gasteiger partial charge in [-0.05, 0) is 43.5 Å². The maximum atomic E-state index is 12.5. The molecule has 5 nitrogen and oxygen atoms in total. The molecular weight excluding hydrogens is 342 g/mol. The molecule has 136 valence electrons. The zero-order chi connectivity index (χ0) is 17.8. The monoisotopic (exact) mass is 365 g/mol. The van der Waals surface area contributed by atoms with E-state index in [9.17, 15) is 9.90 Å². The molecule has 0 spiro atoms. The number of hydrogen-bond donors (Lipinski definition) is 1. The lowest BCUT2D eigenvalue weighted by Crippen LogP contribution is -2.37. The molecule has 0 saturated carbocycles.